The number of carbonyl (C=O) groups is 1. The molecular weight excluding hydrogens is 537 g/mol. The third-order valence-electron chi connectivity index (χ3n) is 7.42. The third kappa shape index (κ3) is 4.40. The highest BCUT2D eigenvalue weighted by atomic mass is 127. The van der Waals surface area contributed by atoms with Gasteiger partial charge in [0.2, 0.25) is 5.91 Å². The number of nitrogens with one attached hydrogen (secondary N) is 1. The second-order valence-corrected chi connectivity index (χ2v) is 10.5. The van der Waals surface area contributed by atoms with Crippen molar-refractivity contribution in [2.75, 3.05) is 20.3 Å². The van der Waals surface area contributed by atoms with Crippen LogP contribution in [0.5, 0.6) is 5.75 Å². The minimum Gasteiger partial charge on any atom is -0.491 e. The van der Waals surface area contributed by atoms with Crippen molar-refractivity contribution >= 4 is 40.1 Å². The molecule has 6 heteroatoms. The molecule has 5 atom stereocenters. The van der Waals surface area contributed by atoms with Gasteiger partial charge in [-0.25, -0.2) is 0 Å². The Balaban J connectivity index is 1.75. The Hall–Kier alpha value is -1.31. The van der Waals surface area contributed by atoms with Gasteiger partial charge in [0.25, 0.3) is 0 Å². The molecule has 4 rings (SSSR count). The largest absolute Gasteiger partial charge is 0.491 e. The molecule has 0 radical (unpaired) electrons. The summed E-state index contributed by atoms with van der Waals surface area (Å²) in [7, 11) is 1.68. The fraction of sp³-hybridized carbons (Fsp3) is 0.500. The molecule has 2 aromatic rings. The van der Waals surface area contributed by atoms with E-state index in [9.17, 15) is 4.79 Å². The number of methoxy groups -OCH3 is 1. The van der Waals surface area contributed by atoms with Crippen molar-refractivity contribution in [1.82, 2.24) is 5.32 Å². The number of fused-ring (bicyclic) bond motifs is 1. The van der Waals surface area contributed by atoms with Crippen molar-refractivity contribution < 1.29 is 14.3 Å². The molecule has 1 N–H and O–H groups in total. The Morgan fingerprint density at radius 2 is 1.94 bits per heavy atom. The molecule has 0 spiro atoms. The second-order valence-electron chi connectivity index (χ2n) is 9.26. The lowest BCUT2D eigenvalue weighted by molar-refractivity contribution is -0.129. The van der Waals surface area contributed by atoms with E-state index in [4.69, 9.17) is 21.1 Å². The van der Waals surface area contributed by atoms with Crippen LogP contribution in [0.4, 0.5) is 0 Å². The number of halogens is 2. The van der Waals surface area contributed by atoms with Crippen molar-refractivity contribution in [3.05, 3.63) is 64.2 Å². The first-order valence-corrected chi connectivity index (χ1v) is 13.2. The zero-order valence-electron chi connectivity index (χ0n) is 18.9. The molecule has 1 aliphatic carbocycles. The Morgan fingerprint density at radius 3 is 2.62 bits per heavy atom. The summed E-state index contributed by atoms with van der Waals surface area (Å²) >= 11 is 8.66. The molecule has 1 heterocycles. The second kappa shape index (κ2) is 9.90. The normalized spacial score (nSPS) is 29.5. The lowest BCUT2D eigenvalue weighted by Crippen LogP contribution is -2.42. The summed E-state index contributed by atoms with van der Waals surface area (Å²) in [6, 6.07) is 14.9. The number of hydrogen-bond donors (Lipinski definition) is 1. The van der Waals surface area contributed by atoms with E-state index in [1.165, 1.54) is 16.7 Å². The first-order valence-electron chi connectivity index (χ1n) is 11.3. The average molecular weight is 568 g/mol. The zero-order valence-corrected chi connectivity index (χ0v) is 21.8. The molecule has 4 nitrogen and oxygen atoms in total. The SMILES string of the molecule is COCCOc1ccc([C@@H]2CC[C@@]3(C)C(=O)N[C@H](C)[C@H]3[C@H]2c2ccc(Cl)cc2)c(CI)c1. The number of hydrogen-bond acceptors (Lipinski definition) is 3. The summed E-state index contributed by atoms with van der Waals surface area (Å²) in [6.45, 7) is 5.42. The third-order valence-corrected chi connectivity index (χ3v) is 8.49. The summed E-state index contributed by atoms with van der Waals surface area (Å²) in [4.78, 5) is 12.9. The molecule has 0 aromatic heterocycles. The van der Waals surface area contributed by atoms with Crippen LogP contribution in [0.2, 0.25) is 5.02 Å². The Labute approximate surface area is 209 Å². The molecule has 1 aliphatic heterocycles. The first-order chi connectivity index (χ1) is 15.4. The fourth-order valence-corrected chi connectivity index (χ4v) is 6.69. The maximum absolute atomic E-state index is 12.9. The predicted octanol–water partition coefficient (Wildman–Crippen LogP) is 6.10. The molecule has 32 heavy (non-hydrogen) atoms. The van der Waals surface area contributed by atoms with Crippen LogP contribution in [-0.2, 0) is 14.0 Å². The molecule has 1 amide bonds. The van der Waals surface area contributed by atoms with Crippen molar-refractivity contribution in [2.45, 2.75) is 49.0 Å². The van der Waals surface area contributed by atoms with Crippen LogP contribution in [0.1, 0.15) is 55.2 Å². The molecule has 0 bridgehead atoms. The predicted molar refractivity (Wildman–Crippen MR) is 137 cm³/mol. The van der Waals surface area contributed by atoms with Crippen LogP contribution in [0, 0.1) is 11.3 Å². The van der Waals surface area contributed by atoms with Crippen molar-refractivity contribution in [1.29, 1.82) is 0 Å². The van der Waals surface area contributed by atoms with E-state index in [1.54, 1.807) is 7.11 Å². The summed E-state index contributed by atoms with van der Waals surface area (Å²) < 4.78 is 11.9. The van der Waals surface area contributed by atoms with Crippen LogP contribution in [0.25, 0.3) is 0 Å². The van der Waals surface area contributed by atoms with E-state index < -0.39 is 0 Å². The van der Waals surface area contributed by atoms with Gasteiger partial charge < -0.3 is 14.8 Å². The van der Waals surface area contributed by atoms with Gasteiger partial charge in [-0.15, -0.1) is 0 Å². The van der Waals surface area contributed by atoms with Gasteiger partial charge in [-0.2, -0.15) is 0 Å². The van der Waals surface area contributed by atoms with Gasteiger partial charge in [-0.05, 0) is 72.6 Å². The van der Waals surface area contributed by atoms with E-state index >= 15 is 0 Å². The summed E-state index contributed by atoms with van der Waals surface area (Å²) in [5.41, 5.74) is 3.59. The molecule has 2 aromatic carbocycles. The maximum atomic E-state index is 12.9. The number of rotatable bonds is 7. The highest BCUT2D eigenvalue weighted by Crippen LogP contribution is 2.59. The maximum Gasteiger partial charge on any atom is 0.226 e. The number of benzene rings is 2. The summed E-state index contributed by atoms with van der Waals surface area (Å²) in [5, 5.41) is 3.99. The highest BCUT2D eigenvalue weighted by molar-refractivity contribution is 14.1. The van der Waals surface area contributed by atoms with Gasteiger partial charge in [-0.3, -0.25) is 4.79 Å². The summed E-state index contributed by atoms with van der Waals surface area (Å²) in [5.74, 6) is 1.88. The van der Waals surface area contributed by atoms with Crippen LogP contribution < -0.4 is 10.1 Å². The van der Waals surface area contributed by atoms with Gasteiger partial charge >= 0.3 is 0 Å². The Bertz CT molecular complexity index is 966. The molecular formula is C26H31ClINO3. The molecule has 0 unspecified atom stereocenters. The highest BCUT2D eigenvalue weighted by Gasteiger charge is 2.57. The molecule has 2 fully saturated rings. The van der Waals surface area contributed by atoms with Crippen molar-refractivity contribution in [2.24, 2.45) is 11.3 Å². The topological polar surface area (TPSA) is 47.6 Å². The molecule has 2 aliphatic rings. The quantitative estimate of drug-likeness (QED) is 0.250. The monoisotopic (exact) mass is 567 g/mol. The van der Waals surface area contributed by atoms with Gasteiger partial charge in [0.1, 0.15) is 12.4 Å². The van der Waals surface area contributed by atoms with E-state index in [0.29, 0.717) is 19.1 Å². The van der Waals surface area contributed by atoms with Crippen LogP contribution in [0.3, 0.4) is 0 Å². The van der Waals surface area contributed by atoms with Gasteiger partial charge in [0.05, 0.1) is 12.0 Å². The number of ether oxygens (including phenoxy) is 2. The molecule has 172 valence electrons. The van der Waals surface area contributed by atoms with E-state index in [-0.39, 0.29) is 29.2 Å². The fourth-order valence-electron chi connectivity index (χ4n) is 5.90. The Kier molecular flexibility index (Phi) is 7.37. The van der Waals surface area contributed by atoms with Crippen LogP contribution >= 0.6 is 34.2 Å². The van der Waals surface area contributed by atoms with Gasteiger partial charge in [-0.1, -0.05) is 59.3 Å². The van der Waals surface area contributed by atoms with Gasteiger partial charge in [0, 0.05) is 28.5 Å². The number of alkyl halides is 1. The summed E-state index contributed by atoms with van der Waals surface area (Å²) in [6.07, 6.45) is 1.88. The van der Waals surface area contributed by atoms with Gasteiger partial charge in [0.15, 0.2) is 0 Å². The van der Waals surface area contributed by atoms with Crippen LogP contribution in [0.15, 0.2) is 42.5 Å². The smallest absolute Gasteiger partial charge is 0.226 e. The number of carbonyl (C=O) groups excluding carboxylic acids is 1. The number of amides is 1. The standard InChI is InChI=1S/C26H31ClINO3/c1-16-24-23(17-4-6-19(27)7-5-17)22(10-11-26(24,2)25(30)29-16)21-9-8-20(14-18(21)15-28)32-13-12-31-3/h4-9,14,16,22-24H,10-13,15H2,1-3H3,(H,29,30)/t16-,22+,23+,24+,26-/m1/s1. The van der Waals surface area contributed by atoms with Crippen molar-refractivity contribution in [3.63, 3.8) is 0 Å². The van der Waals surface area contributed by atoms with Crippen LogP contribution in [-0.4, -0.2) is 32.3 Å². The molecule has 1 saturated carbocycles. The minimum atomic E-state index is -0.339. The van der Waals surface area contributed by atoms with E-state index in [0.717, 1.165) is 28.0 Å². The van der Waals surface area contributed by atoms with E-state index in [1.807, 2.05) is 12.1 Å². The molecule has 1 saturated heterocycles. The average Bonchev–Trinajstić information content (AvgIpc) is 3.02. The Morgan fingerprint density at radius 1 is 1.19 bits per heavy atom. The first kappa shape index (κ1) is 23.8. The lowest BCUT2D eigenvalue weighted by atomic mass is 9.55. The lowest BCUT2D eigenvalue weighted by Gasteiger charge is -2.46. The zero-order chi connectivity index (χ0) is 22.9. The van der Waals surface area contributed by atoms with E-state index in [2.05, 4.69) is 72.1 Å². The minimum absolute atomic E-state index is 0.135. The van der Waals surface area contributed by atoms with Crippen molar-refractivity contribution in [3.8, 4) is 5.75 Å².